The van der Waals surface area contributed by atoms with Crippen molar-refractivity contribution in [2.24, 2.45) is 28.8 Å². The highest BCUT2D eigenvalue weighted by Gasteiger charge is 2.46. The smallest absolute Gasteiger partial charge is 0.303 e. The van der Waals surface area contributed by atoms with Crippen LogP contribution in [0, 0.1) is 23.7 Å². The van der Waals surface area contributed by atoms with Crippen LogP contribution in [0.15, 0.2) is 78.0 Å². The molecule has 0 spiro atoms. The van der Waals surface area contributed by atoms with Crippen molar-refractivity contribution in [3.05, 3.63) is 83.9 Å². The van der Waals surface area contributed by atoms with Crippen molar-refractivity contribution in [2.75, 3.05) is 0 Å². The summed E-state index contributed by atoms with van der Waals surface area (Å²) in [6.07, 6.45) is 13.0. The molecule has 168 valence electrons. The Morgan fingerprint density at radius 3 is 2.31 bits per heavy atom. The summed E-state index contributed by atoms with van der Waals surface area (Å²) < 4.78 is 0. The lowest BCUT2D eigenvalue weighted by Crippen LogP contribution is -2.23. The molecule has 0 aliphatic heterocycles. The summed E-state index contributed by atoms with van der Waals surface area (Å²) in [7, 11) is 0. The van der Waals surface area contributed by atoms with E-state index in [1.807, 2.05) is 36.4 Å². The number of oxime groups is 1. The SMILES string of the molecule is O=C(O)CCCC=CC[C@H]1[C@H]2CC[C@H](C2)[C@@H]1C=NOC(c1ccccc1)c1ccccc1. The Balaban J connectivity index is 1.39. The van der Waals surface area contributed by atoms with E-state index in [0.717, 1.165) is 29.9 Å². The van der Waals surface area contributed by atoms with Gasteiger partial charge in [0.1, 0.15) is 0 Å². The van der Waals surface area contributed by atoms with Crippen LogP contribution >= 0.6 is 0 Å². The van der Waals surface area contributed by atoms with E-state index >= 15 is 0 Å². The minimum atomic E-state index is -0.716. The number of hydrogen-bond acceptors (Lipinski definition) is 3. The number of unbranched alkanes of at least 4 members (excludes halogenated alkanes) is 1. The summed E-state index contributed by atoms with van der Waals surface area (Å²) >= 11 is 0. The van der Waals surface area contributed by atoms with Gasteiger partial charge in [-0.25, -0.2) is 0 Å². The first-order valence-electron chi connectivity index (χ1n) is 11.9. The molecule has 4 atom stereocenters. The molecule has 0 saturated heterocycles. The molecule has 2 aromatic carbocycles. The lowest BCUT2D eigenvalue weighted by molar-refractivity contribution is -0.137. The molecular formula is C28H33NO3. The highest BCUT2D eigenvalue weighted by Crippen LogP contribution is 2.53. The molecule has 32 heavy (non-hydrogen) atoms. The highest BCUT2D eigenvalue weighted by atomic mass is 16.6. The van der Waals surface area contributed by atoms with Crippen molar-refractivity contribution in [1.82, 2.24) is 0 Å². The van der Waals surface area contributed by atoms with E-state index in [4.69, 9.17) is 9.94 Å². The standard InChI is InChI=1S/C28H33NO3/c30-27(31)16-10-2-1-9-15-25-23-17-18-24(19-23)26(25)20-29-32-28(21-11-5-3-6-12-21)22-13-7-4-8-14-22/h1,3-9,11-14,20,23-26,28H,2,10,15-19H2,(H,30,31)/t23-,24+,25-,26-/m0/s1. The Morgan fingerprint density at radius 2 is 1.66 bits per heavy atom. The van der Waals surface area contributed by atoms with Gasteiger partial charge in [0.05, 0.1) is 0 Å². The monoisotopic (exact) mass is 431 g/mol. The number of rotatable bonds is 11. The fourth-order valence-corrected chi connectivity index (χ4v) is 5.52. The highest BCUT2D eigenvalue weighted by molar-refractivity contribution is 5.66. The molecule has 2 fully saturated rings. The fourth-order valence-electron chi connectivity index (χ4n) is 5.52. The maximum Gasteiger partial charge on any atom is 0.303 e. The molecule has 2 saturated carbocycles. The number of aliphatic carboxylic acids is 1. The molecule has 0 aromatic heterocycles. The van der Waals surface area contributed by atoms with E-state index in [2.05, 4.69) is 47.8 Å². The van der Waals surface area contributed by atoms with Crippen LogP contribution in [0.1, 0.15) is 62.2 Å². The first-order chi connectivity index (χ1) is 15.7. The zero-order chi connectivity index (χ0) is 22.2. The lowest BCUT2D eigenvalue weighted by atomic mass is 9.78. The second kappa shape index (κ2) is 11.1. The van der Waals surface area contributed by atoms with E-state index in [9.17, 15) is 4.79 Å². The topological polar surface area (TPSA) is 58.9 Å². The van der Waals surface area contributed by atoms with Gasteiger partial charge in [-0.05, 0) is 67.4 Å². The average Bonchev–Trinajstić information content (AvgIpc) is 3.42. The molecule has 1 N–H and O–H groups in total. The van der Waals surface area contributed by atoms with Crippen LogP contribution in [0.5, 0.6) is 0 Å². The average molecular weight is 432 g/mol. The number of nitrogens with zero attached hydrogens (tertiary/aromatic N) is 1. The van der Waals surface area contributed by atoms with Crippen molar-refractivity contribution in [3.63, 3.8) is 0 Å². The predicted octanol–water partition coefficient (Wildman–Crippen LogP) is 6.64. The van der Waals surface area contributed by atoms with E-state index in [1.165, 1.54) is 19.3 Å². The molecule has 2 aliphatic carbocycles. The van der Waals surface area contributed by atoms with Gasteiger partial charge < -0.3 is 9.94 Å². The molecule has 4 nitrogen and oxygen atoms in total. The summed E-state index contributed by atoms with van der Waals surface area (Å²) in [5.41, 5.74) is 2.20. The molecule has 0 amide bonds. The number of hydrogen-bond donors (Lipinski definition) is 1. The number of benzene rings is 2. The normalized spacial score (nSPS) is 24.7. The van der Waals surface area contributed by atoms with Crippen molar-refractivity contribution in [2.45, 2.75) is 51.0 Å². The Hall–Kier alpha value is -2.88. The van der Waals surface area contributed by atoms with E-state index in [0.29, 0.717) is 24.2 Å². The van der Waals surface area contributed by atoms with Gasteiger partial charge in [-0.2, -0.15) is 0 Å². The summed E-state index contributed by atoms with van der Waals surface area (Å²) in [4.78, 5) is 16.8. The molecule has 2 aromatic rings. The van der Waals surface area contributed by atoms with Gasteiger partial charge in [-0.3, -0.25) is 4.79 Å². The third-order valence-electron chi connectivity index (χ3n) is 7.10. The van der Waals surface area contributed by atoms with Gasteiger partial charge in [0.2, 0.25) is 0 Å². The Morgan fingerprint density at radius 1 is 1.00 bits per heavy atom. The van der Waals surface area contributed by atoms with Crippen LogP contribution in [-0.2, 0) is 9.63 Å². The first kappa shape index (κ1) is 22.3. The zero-order valence-corrected chi connectivity index (χ0v) is 18.6. The van der Waals surface area contributed by atoms with Gasteiger partial charge in [0, 0.05) is 18.6 Å². The second-order valence-electron chi connectivity index (χ2n) is 9.13. The zero-order valence-electron chi connectivity index (χ0n) is 18.6. The van der Waals surface area contributed by atoms with Gasteiger partial charge in [-0.15, -0.1) is 0 Å². The van der Waals surface area contributed by atoms with Crippen LogP contribution < -0.4 is 0 Å². The van der Waals surface area contributed by atoms with Crippen LogP contribution in [0.4, 0.5) is 0 Å². The van der Waals surface area contributed by atoms with E-state index in [1.54, 1.807) is 0 Å². The van der Waals surface area contributed by atoms with Crippen LogP contribution in [0.3, 0.4) is 0 Å². The van der Waals surface area contributed by atoms with Crippen molar-refractivity contribution < 1.29 is 14.7 Å². The Labute approximate surface area is 191 Å². The third kappa shape index (κ3) is 5.67. The number of carboxylic acids is 1. The van der Waals surface area contributed by atoms with Crippen molar-refractivity contribution >= 4 is 12.2 Å². The first-order valence-corrected chi connectivity index (χ1v) is 11.9. The fraction of sp³-hybridized carbons (Fsp3) is 0.429. The van der Waals surface area contributed by atoms with Crippen LogP contribution in [0.2, 0.25) is 0 Å². The Kier molecular flexibility index (Phi) is 7.76. The van der Waals surface area contributed by atoms with Gasteiger partial charge >= 0.3 is 5.97 Å². The number of carboxylic acid groups (broad SMARTS) is 1. The van der Waals surface area contributed by atoms with Crippen molar-refractivity contribution in [1.29, 1.82) is 0 Å². The molecule has 2 bridgehead atoms. The Bertz CT molecular complexity index is 869. The molecule has 0 heterocycles. The predicted molar refractivity (Wildman–Crippen MR) is 127 cm³/mol. The minimum Gasteiger partial charge on any atom is -0.481 e. The second-order valence-corrected chi connectivity index (χ2v) is 9.13. The molecule has 4 heteroatoms. The molecule has 4 rings (SSSR count). The van der Waals surface area contributed by atoms with Gasteiger partial charge in [0.15, 0.2) is 6.10 Å². The van der Waals surface area contributed by atoms with Crippen LogP contribution in [0.25, 0.3) is 0 Å². The summed E-state index contributed by atoms with van der Waals surface area (Å²) in [6.45, 7) is 0. The number of allylic oxidation sites excluding steroid dienone is 2. The van der Waals surface area contributed by atoms with Crippen molar-refractivity contribution in [3.8, 4) is 0 Å². The minimum absolute atomic E-state index is 0.208. The summed E-state index contributed by atoms with van der Waals surface area (Å²) in [5.74, 6) is 1.85. The molecular weight excluding hydrogens is 398 g/mol. The molecule has 2 aliphatic rings. The molecule has 0 unspecified atom stereocenters. The third-order valence-corrected chi connectivity index (χ3v) is 7.10. The quantitative estimate of drug-likeness (QED) is 0.188. The van der Waals surface area contributed by atoms with E-state index in [-0.39, 0.29) is 12.5 Å². The molecule has 0 radical (unpaired) electrons. The lowest BCUT2D eigenvalue weighted by Gasteiger charge is -2.27. The number of fused-ring (bicyclic) bond motifs is 2. The largest absolute Gasteiger partial charge is 0.481 e. The summed E-state index contributed by atoms with van der Waals surface area (Å²) in [5, 5.41) is 13.3. The van der Waals surface area contributed by atoms with E-state index < -0.39 is 5.97 Å². The number of carbonyl (C=O) groups is 1. The summed E-state index contributed by atoms with van der Waals surface area (Å²) in [6, 6.07) is 20.5. The maximum atomic E-state index is 10.6. The maximum absolute atomic E-state index is 10.6. The van der Waals surface area contributed by atoms with Gasteiger partial charge in [0.25, 0.3) is 0 Å². The van der Waals surface area contributed by atoms with Gasteiger partial charge in [-0.1, -0.05) is 78.0 Å². The van der Waals surface area contributed by atoms with Crippen LogP contribution in [-0.4, -0.2) is 17.3 Å².